The van der Waals surface area contributed by atoms with Gasteiger partial charge in [0, 0.05) is 27.2 Å². The smallest absolute Gasteiger partial charge is 0.303 e. The summed E-state index contributed by atoms with van der Waals surface area (Å²) in [6.45, 7) is 18.2. The summed E-state index contributed by atoms with van der Waals surface area (Å²) in [6, 6.07) is 0. The number of aliphatic hydroxyl groups is 1. The summed E-state index contributed by atoms with van der Waals surface area (Å²) in [5.74, 6) is -1.91. The first-order valence-corrected chi connectivity index (χ1v) is 11.5. The summed E-state index contributed by atoms with van der Waals surface area (Å²) < 4.78 is 17.7. The Morgan fingerprint density at radius 2 is 1.55 bits per heavy atom. The second kappa shape index (κ2) is 8.75. The van der Waals surface area contributed by atoms with Crippen molar-refractivity contribution in [2.24, 2.45) is 22.7 Å². The lowest BCUT2D eigenvalue weighted by Crippen LogP contribution is -2.62. The summed E-state index contributed by atoms with van der Waals surface area (Å²) in [5, 5.41) is 10.8. The monoisotopic (exact) mass is 460 g/mol. The number of allylic oxidation sites excluding steroid dienone is 1. The molecule has 7 heteroatoms. The molecule has 7 nitrogen and oxygen atoms in total. The van der Waals surface area contributed by atoms with E-state index in [0.29, 0.717) is 12.0 Å². The molecule has 3 aliphatic rings. The van der Waals surface area contributed by atoms with Crippen LogP contribution in [-0.2, 0) is 28.6 Å². The minimum Gasteiger partial charge on any atom is -0.462 e. The Hall–Kier alpha value is -2.41. The molecule has 3 rings (SSSR count). The SMILES string of the molecule is C=C1[C@H]2CC3CC=C(C)[C@@]3(C(=C)C)[C@@H](OC(C)=O)[C@H](OC(C)=O)[C@]2(C)[C@@H](OC(C)=O)C[C@@H]1O. The molecule has 33 heavy (non-hydrogen) atoms. The molecule has 0 saturated heterocycles. The molecule has 0 amide bonds. The highest BCUT2D eigenvalue weighted by Crippen LogP contribution is 2.64. The lowest BCUT2D eigenvalue weighted by atomic mass is 9.58. The van der Waals surface area contributed by atoms with Crippen LogP contribution in [0.5, 0.6) is 0 Å². The third-order valence-corrected chi connectivity index (χ3v) is 8.22. The largest absolute Gasteiger partial charge is 0.462 e. The van der Waals surface area contributed by atoms with Gasteiger partial charge in [0.15, 0.2) is 6.10 Å². The fourth-order valence-electron chi connectivity index (χ4n) is 6.84. The zero-order valence-corrected chi connectivity index (χ0v) is 20.5. The minimum absolute atomic E-state index is 0.0238. The van der Waals surface area contributed by atoms with E-state index in [9.17, 15) is 19.5 Å². The molecule has 2 fully saturated rings. The van der Waals surface area contributed by atoms with E-state index in [2.05, 4.69) is 19.2 Å². The topological polar surface area (TPSA) is 99.1 Å². The van der Waals surface area contributed by atoms with Crippen molar-refractivity contribution in [1.29, 1.82) is 0 Å². The maximum absolute atomic E-state index is 12.4. The molecule has 1 unspecified atom stereocenters. The average molecular weight is 461 g/mol. The molecule has 0 heterocycles. The lowest BCUT2D eigenvalue weighted by molar-refractivity contribution is -0.210. The molecule has 0 spiro atoms. The Labute approximate surface area is 195 Å². The molecule has 1 N–H and O–H groups in total. The van der Waals surface area contributed by atoms with Crippen LogP contribution in [0, 0.1) is 22.7 Å². The van der Waals surface area contributed by atoms with Crippen molar-refractivity contribution in [1.82, 2.24) is 0 Å². The van der Waals surface area contributed by atoms with Gasteiger partial charge in [-0.1, -0.05) is 37.3 Å². The van der Waals surface area contributed by atoms with Gasteiger partial charge in [-0.25, -0.2) is 0 Å². The summed E-state index contributed by atoms with van der Waals surface area (Å²) in [4.78, 5) is 36.9. The van der Waals surface area contributed by atoms with E-state index in [0.717, 1.165) is 17.6 Å². The highest BCUT2D eigenvalue weighted by atomic mass is 16.6. The van der Waals surface area contributed by atoms with E-state index in [1.165, 1.54) is 20.8 Å². The normalized spacial score (nSPS) is 40.0. The van der Waals surface area contributed by atoms with Gasteiger partial charge in [-0.2, -0.15) is 0 Å². The first-order valence-electron chi connectivity index (χ1n) is 11.5. The highest BCUT2D eigenvalue weighted by molar-refractivity contribution is 5.68. The van der Waals surface area contributed by atoms with Crippen LogP contribution in [0.3, 0.4) is 0 Å². The van der Waals surface area contributed by atoms with Crippen molar-refractivity contribution < 1.29 is 33.7 Å². The number of aliphatic hydroxyl groups excluding tert-OH is 1. The molecule has 182 valence electrons. The van der Waals surface area contributed by atoms with Crippen LogP contribution in [0.4, 0.5) is 0 Å². The van der Waals surface area contributed by atoms with Crippen LogP contribution in [0.2, 0.25) is 0 Å². The van der Waals surface area contributed by atoms with Gasteiger partial charge < -0.3 is 19.3 Å². The third-order valence-electron chi connectivity index (χ3n) is 8.22. The number of hydrogen-bond donors (Lipinski definition) is 1. The Morgan fingerprint density at radius 1 is 1.00 bits per heavy atom. The van der Waals surface area contributed by atoms with E-state index >= 15 is 0 Å². The van der Waals surface area contributed by atoms with Crippen LogP contribution < -0.4 is 0 Å². The average Bonchev–Trinajstić information content (AvgIpc) is 2.97. The van der Waals surface area contributed by atoms with Gasteiger partial charge in [0.1, 0.15) is 12.2 Å². The van der Waals surface area contributed by atoms with Crippen LogP contribution in [0.25, 0.3) is 0 Å². The fourth-order valence-corrected chi connectivity index (χ4v) is 6.84. The molecule has 0 aromatic rings. The molecule has 8 atom stereocenters. The van der Waals surface area contributed by atoms with E-state index in [1.807, 2.05) is 20.8 Å². The van der Waals surface area contributed by atoms with E-state index in [1.54, 1.807) is 0 Å². The lowest BCUT2D eigenvalue weighted by Gasteiger charge is -2.53. The standard InChI is InChI=1S/C26H36O7/c1-13(2)26-14(3)9-10-19(26)11-20-15(4)21(30)12-22(31-16(5)27)25(20,8)23(32-17(6)28)24(26)33-18(7)29/h9,19-24,30H,1,4,10-12H2,2-3,5-8H3/t19?,20-,21+,22+,23+,24+,25+,26-/m1/s1. The van der Waals surface area contributed by atoms with Gasteiger partial charge in [-0.3, -0.25) is 14.4 Å². The first-order chi connectivity index (χ1) is 15.3. The number of ether oxygens (including phenoxy) is 3. The zero-order valence-electron chi connectivity index (χ0n) is 20.5. The molecular formula is C26H36O7. The van der Waals surface area contributed by atoms with Crippen LogP contribution in [0.1, 0.15) is 60.8 Å². The number of fused-ring (bicyclic) bond motifs is 2. The van der Waals surface area contributed by atoms with Crippen molar-refractivity contribution in [3.05, 3.63) is 36.0 Å². The van der Waals surface area contributed by atoms with Crippen molar-refractivity contribution in [2.75, 3.05) is 0 Å². The quantitative estimate of drug-likeness (QED) is 0.388. The Bertz CT molecular complexity index is 918. The Kier molecular flexibility index (Phi) is 6.68. The summed E-state index contributed by atoms with van der Waals surface area (Å²) >= 11 is 0. The number of carbonyl (C=O) groups excluding carboxylic acids is 3. The van der Waals surface area contributed by atoms with Crippen LogP contribution in [-0.4, -0.2) is 47.4 Å². The van der Waals surface area contributed by atoms with Gasteiger partial charge in [0.05, 0.1) is 16.9 Å². The molecule has 0 aliphatic heterocycles. The number of esters is 3. The van der Waals surface area contributed by atoms with Gasteiger partial charge in [0.25, 0.3) is 0 Å². The van der Waals surface area contributed by atoms with Crippen molar-refractivity contribution in [2.45, 2.75) is 85.2 Å². The zero-order chi connectivity index (χ0) is 24.9. The molecule has 0 aromatic carbocycles. The molecule has 0 aromatic heterocycles. The Morgan fingerprint density at radius 3 is 2.06 bits per heavy atom. The van der Waals surface area contributed by atoms with Gasteiger partial charge in [0.2, 0.25) is 0 Å². The minimum atomic E-state index is -0.985. The summed E-state index contributed by atoms with van der Waals surface area (Å²) in [7, 11) is 0. The first kappa shape index (κ1) is 25.2. The highest BCUT2D eigenvalue weighted by Gasteiger charge is 2.68. The van der Waals surface area contributed by atoms with Crippen LogP contribution in [0.15, 0.2) is 36.0 Å². The second-order valence-electron chi connectivity index (χ2n) is 10.1. The van der Waals surface area contributed by atoms with E-state index in [4.69, 9.17) is 14.2 Å². The van der Waals surface area contributed by atoms with Crippen LogP contribution >= 0.6 is 0 Å². The molecular weight excluding hydrogens is 424 g/mol. The van der Waals surface area contributed by atoms with E-state index < -0.39 is 53.2 Å². The third kappa shape index (κ3) is 3.84. The van der Waals surface area contributed by atoms with Crippen molar-refractivity contribution >= 4 is 17.9 Å². The molecule has 0 bridgehead atoms. The fraction of sp³-hybridized carbons (Fsp3) is 0.654. The Balaban J connectivity index is 2.35. The number of rotatable bonds is 4. The van der Waals surface area contributed by atoms with Crippen molar-refractivity contribution in [3.8, 4) is 0 Å². The van der Waals surface area contributed by atoms with Gasteiger partial charge in [-0.05, 0) is 44.1 Å². The molecule has 0 radical (unpaired) electrons. The molecule has 3 aliphatic carbocycles. The number of carbonyl (C=O) groups is 3. The maximum atomic E-state index is 12.4. The predicted octanol–water partition coefficient (Wildman–Crippen LogP) is 3.66. The summed E-state index contributed by atoms with van der Waals surface area (Å²) in [6.07, 6.45) is 0.0675. The number of hydrogen-bond acceptors (Lipinski definition) is 7. The molecule has 2 saturated carbocycles. The second-order valence-corrected chi connectivity index (χ2v) is 10.1. The van der Waals surface area contributed by atoms with Gasteiger partial charge in [-0.15, -0.1) is 0 Å². The van der Waals surface area contributed by atoms with Crippen molar-refractivity contribution in [3.63, 3.8) is 0 Å². The maximum Gasteiger partial charge on any atom is 0.303 e. The predicted molar refractivity (Wildman–Crippen MR) is 122 cm³/mol. The van der Waals surface area contributed by atoms with E-state index in [-0.39, 0.29) is 18.3 Å². The van der Waals surface area contributed by atoms with Gasteiger partial charge >= 0.3 is 17.9 Å². The summed E-state index contributed by atoms with van der Waals surface area (Å²) in [5.41, 5.74) is 0.668.